The zero-order valence-corrected chi connectivity index (χ0v) is 11.8. The van der Waals surface area contributed by atoms with E-state index in [1.165, 1.54) is 19.2 Å². The summed E-state index contributed by atoms with van der Waals surface area (Å²) in [5.41, 5.74) is 0.425. The van der Waals surface area contributed by atoms with Gasteiger partial charge in [-0.3, -0.25) is 10.1 Å². The van der Waals surface area contributed by atoms with E-state index >= 15 is 0 Å². The van der Waals surface area contributed by atoms with Crippen molar-refractivity contribution >= 4 is 29.2 Å². The third-order valence-corrected chi connectivity index (χ3v) is 3.28. The van der Waals surface area contributed by atoms with E-state index in [4.69, 9.17) is 23.2 Å². The Labute approximate surface area is 115 Å². The van der Waals surface area contributed by atoms with Crippen LogP contribution in [0.1, 0.15) is 25.5 Å². The first kappa shape index (κ1) is 15.2. The van der Waals surface area contributed by atoms with Crippen LogP contribution in [0.2, 0.25) is 10.0 Å². The van der Waals surface area contributed by atoms with E-state index in [0.717, 1.165) is 0 Å². The van der Waals surface area contributed by atoms with E-state index in [0.29, 0.717) is 10.6 Å². The molecule has 0 spiro atoms. The third kappa shape index (κ3) is 3.34. The minimum atomic E-state index is -0.546. The molecule has 1 N–H and O–H groups in total. The molecule has 0 aliphatic carbocycles. The maximum atomic E-state index is 13.4. The molecule has 2 unspecified atom stereocenters. The van der Waals surface area contributed by atoms with Crippen LogP contribution >= 0.6 is 23.2 Å². The van der Waals surface area contributed by atoms with Crippen molar-refractivity contribution in [1.29, 1.82) is 0 Å². The molecular formula is C12H14Cl2FNO2. The van der Waals surface area contributed by atoms with Gasteiger partial charge < -0.3 is 4.74 Å². The van der Waals surface area contributed by atoms with Gasteiger partial charge in [0, 0.05) is 16.6 Å². The summed E-state index contributed by atoms with van der Waals surface area (Å²) in [4.78, 5) is 11.3. The lowest BCUT2D eigenvalue weighted by molar-refractivity contribution is -0.142. The summed E-state index contributed by atoms with van der Waals surface area (Å²) in [6, 6.07) is 1.71. The van der Waals surface area contributed by atoms with Crippen molar-refractivity contribution < 1.29 is 13.9 Å². The number of nitrogens with one attached hydrogen (secondary N) is 1. The van der Waals surface area contributed by atoms with Crippen molar-refractivity contribution in [3.8, 4) is 0 Å². The molecular weight excluding hydrogens is 280 g/mol. The van der Waals surface area contributed by atoms with E-state index in [-0.39, 0.29) is 11.1 Å². The molecule has 1 aromatic carbocycles. The van der Waals surface area contributed by atoms with Gasteiger partial charge in [0.2, 0.25) is 0 Å². The molecule has 3 nitrogen and oxygen atoms in total. The van der Waals surface area contributed by atoms with Crippen molar-refractivity contribution in [2.24, 2.45) is 0 Å². The van der Waals surface area contributed by atoms with Crippen LogP contribution in [-0.4, -0.2) is 19.1 Å². The van der Waals surface area contributed by atoms with Crippen LogP contribution < -0.4 is 5.32 Å². The summed E-state index contributed by atoms with van der Waals surface area (Å²) >= 11 is 11.9. The highest BCUT2D eigenvalue weighted by atomic mass is 35.5. The van der Waals surface area contributed by atoms with Crippen LogP contribution in [0.15, 0.2) is 12.1 Å². The molecule has 0 aromatic heterocycles. The lowest BCUT2D eigenvalue weighted by Crippen LogP contribution is -2.36. The fourth-order valence-corrected chi connectivity index (χ4v) is 2.34. The second kappa shape index (κ2) is 6.36. The molecule has 0 saturated carbocycles. The van der Waals surface area contributed by atoms with Crippen molar-refractivity contribution in [1.82, 2.24) is 5.32 Å². The number of rotatable bonds is 4. The molecule has 0 bridgehead atoms. The molecule has 6 heteroatoms. The van der Waals surface area contributed by atoms with Crippen LogP contribution in [0.25, 0.3) is 0 Å². The van der Waals surface area contributed by atoms with Gasteiger partial charge in [-0.2, -0.15) is 0 Å². The second-order valence-electron chi connectivity index (χ2n) is 3.89. The maximum absolute atomic E-state index is 13.4. The standard InChI is InChI=1S/C12H14Cl2FNO2/c1-6(16-7(2)12(17)18-3)10-8(13)4-5-9(15)11(10)14/h4-7,16H,1-3H3. The van der Waals surface area contributed by atoms with Gasteiger partial charge in [-0.05, 0) is 26.0 Å². The van der Waals surface area contributed by atoms with Gasteiger partial charge in [0.25, 0.3) is 0 Å². The number of esters is 1. The van der Waals surface area contributed by atoms with Crippen molar-refractivity contribution in [2.45, 2.75) is 25.9 Å². The number of benzene rings is 1. The normalized spacial score (nSPS) is 14.1. The first-order valence-corrected chi connectivity index (χ1v) is 6.11. The molecule has 18 heavy (non-hydrogen) atoms. The highest BCUT2D eigenvalue weighted by molar-refractivity contribution is 6.36. The molecule has 0 fully saturated rings. The Bertz CT molecular complexity index is 454. The average molecular weight is 294 g/mol. The molecule has 1 aromatic rings. The van der Waals surface area contributed by atoms with Gasteiger partial charge in [-0.25, -0.2) is 4.39 Å². The van der Waals surface area contributed by atoms with E-state index in [9.17, 15) is 9.18 Å². The van der Waals surface area contributed by atoms with Gasteiger partial charge in [0.05, 0.1) is 12.1 Å². The van der Waals surface area contributed by atoms with Gasteiger partial charge in [-0.15, -0.1) is 0 Å². The second-order valence-corrected chi connectivity index (χ2v) is 4.68. The first-order valence-electron chi connectivity index (χ1n) is 5.35. The van der Waals surface area contributed by atoms with Crippen molar-refractivity contribution in [3.63, 3.8) is 0 Å². The largest absolute Gasteiger partial charge is 0.468 e. The molecule has 0 amide bonds. The molecule has 0 saturated heterocycles. The minimum Gasteiger partial charge on any atom is -0.468 e. The molecule has 0 aliphatic heterocycles. The average Bonchev–Trinajstić information content (AvgIpc) is 2.33. The number of hydrogen-bond acceptors (Lipinski definition) is 3. The molecule has 0 heterocycles. The highest BCUT2D eigenvalue weighted by Crippen LogP contribution is 2.32. The zero-order valence-electron chi connectivity index (χ0n) is 10.3. The fourth-order valence-electron chi connectivity index (χ4n) is 1.64. The zero-order chi connectivity index (χ0) is 13.9. The molecule has 1 rings (SSSR count). The Balaban J connectivity index is 2.94. The SMILES string of the molecule is COC(=O)C(C)NC(C)c1c(Cl)ccc(F)c1Cl. The Morgan fingerprint density at radius 2 is 2.00 bits per heavy atom. The smallest absolute Gasteiger partial charge is 0.322 e. The number of ether oxygens (including phenoxy) is 1. The Morgan fingerprint density at radius 1 is 1.39 bits per heavy atom. The predicted molar refractivity (Wildman–Crippen MR) is 69.4 cm³/mol. The third-order valence-electron chi connectivity index (χ3n) is 2.57. The lowest BCUT2D eigenvalue weighted by Gasteiger charge is -2.20. The maximum Gasteiger partial charge on any atom is 0.322 e. The van der Waals surface area contributed by atoms with Crippen LogP contribution in [0.3, 0.4) is 0 Å². The number of methoxy groups -OCH3 is 1. The molecule has 0 radical (unpaired) electrons. The monoisotopic (exact) mass is 293 g/mol. The van der Waals surface area contributed by atoms with Gasteiger partial charge in [-0.1, -0.05) is 23.2 Å². The van der Waals surface area contributed by atoms with Crippen LogP contribution in [0.4, 0.5) is 4.39 Å². The molecule has 0 aliphatic rings. The summed E-state index contributed by atoms with van der Waals surface area (Å²) in [6.45, 7) is 3.38. The summed E-state index contributed by atoms with van der Waals surface area (Å²) in [5, 5.41) is 3.25. The molecule has 2 atom stereocenters. The summed E-state index contributed by atoms with van der Waals surface area (Å²) in [7, 11) is 1.30. The number of halogens is 3. The highest BCUT2D eigenvalue weighted by Gasteiger charge is 2.21. The van der Waals surface area contributed by atoms with E-state index in [1.807, 2.05) is 0 Å². The van der Waals surface area contributed by atoms with Gasteiger partial charge >= 0.3 is 5.97 Å². The minimum absolute atomic E-state index is 0.0421. The predicted octanol–water partition coefficient (Wildman–Crippen LogP) is 3.34. The van der Waals surface area contributed by atoms with Gasteiger partial charge in [0.15, 0.2) is 0 Å². The number of hydrogen-bond donors (Lipinski definition) is 1. The van der Waals surface area contributed by atoms with Crippen LogP contribution in [-0.2, 0) is 9.53 Å². The Morgan fingerprint density at radius 3 is 2.56 bits per heavy atom. The lowest BCUT2D eigenvalue weighted by atomic mass is 10.1. The number of carbonyl (C=O) groups is 1. The first-order chi connectivity index (χ1) is 8.38. The van der Waals surface area contributed by atoms with E-state index < -0.39 is 17.8 Å². The van der Waals surface area contributed by atoms with Crippen molar-refractivity contribution in [3.05, 3.63) is 33.6 Å². The Hall–Kier alpha value is -0.840. The van der Waals surface area contributed by atoms with Crippen LogP contribution in [0.5, 0.6) is 0 Å². The summed E-state index contributed by atoms with van der Waals surface area (Å²) < 4.78 is 18.0. The quantitative estimate of drug-likeness (QED) is 0.683. The van der Waals surface area contributed by atoms with Crippen LogP contribution in [0, 0.1) is 5.82 Å². The number of carbonyl (C=O) groups excluding carboxylic acids is 1. The summed E-state index contributed by atoms with van der Waals surface area (Å²) in [6.07, 6.45) is 0. The topological polar surface area (TPSA) is 38.3 Å². The van der Waals surface area contributed by atoms with E-state index in [2.05, 4.69) is 10.1 Å². The van der Waals surface area contributed by atoms with Crippen molar-refractivity contribution in [2.75, 3.05) is 7.11 Å². The summed E-state index contributed by atoms with van der Waals surface area (Å²) in [5.74, 6) is -0.957. The molecule has 100 valence electrons. The van der Waals surface area contributed by atoms with Gasteiger partial charge in [0.1, 0.15) is 11.9 Å². The van der Waals surface area contributed by atoms with E-state index in [1.54, 1.807) is 13.8 Å². The fraction of sp³-hybridized carbons (Fsp3) is 0.417. The Kier molecular flexibility index (Phi) is 5.38.